The fourth-order valence-electron chi connectivity index (χ4n) is 1.90. The van der Waals surface area contributed by atoms with Gasteiger partial charge in [-0.15, -0.1) is 0 Å². The van der Waals surface area contributed by atoms with Crippen molar-refractivity contribution in [2.45, 2.75) is 13.0 Å². The SMILES string of the molecule is C[C@H](OC(=O)c1ccc(C(N)=O)cc1)C(=O)c1ccc(Cl)cc1. The third-order valence-electron chi connectivity index (χ3n) is 3.19. The van der Waals surface area contributed by atoms with Crippen LogP contribution in [0.1, 0.15) is 38.0 Å². The van der Waals surface area contributed by atoms with Crippen LogP contribution in [0.15, 0.2) is 48.5 Å². The van der Waals surface area contributed by atoms with Gasteiger partial charge in [0.1, 0.15) is 0 Å². The van der Waals surface area contributed by atoms with E-state index in [1.165, 1.54) is 31.2 Å². The summed E-state index contributed by atoms with van der Waals surface area (Å²) >= 11 is 5.77. The zero-order valence-electron chi connectivity index (χ0n) is 12.3. The Morgan fingerprint density at radius 3 is 1.91 bits per heavy atom. The Morgan fingerprint density at radius 1 is 0.913 bits per heavy atom. The fourth-order valence-corrected chi connectivity index (χ4v) is 2.03. The smallest absolute Gasteiger partial charge is 0.338 e. The zero-order chi connectivity index (χ0) is 17.0. The number of Topliss-reactive ketones (excluding diaryl/α,β-unsaturated/α-hetero) is 1. The predicted molar refractivity (Wildman–Crippen MR) is 85.6 cm³/mol. The molecule has 118 valence electrons. The molecule has 6 heteroatoms. The molecular formula is C17H14ClNO4. The maximum absolute atomic E-state index is 12.2. The number of hydrogen-bond acceptors (Lipinski definition) is 4. The van der Waals surface area contributed by atoms with Crippen LogP contribution >= 0.6 is 11.6 Å². The van der Waals surface area contributed by atoms with E-state index in [1.54, 1.807) is 24.3 Å². The number of benzene rings is 2. The van der Waals surface area contributed by atoms with Crippen LogP contribution in [0.2, 0.25) is 5.02 Å². The van der Waals surface area contributed by atoms with Gasteiger partial charge in [0.15, 0.2) is 6.10 Å². The minimum atomic E-state index is -0.945. The number of carbonyl (C=O) groups is 3. The van der Waals surface area contributed by atoms with E-state index in [0.29, 0.717) is 10.6 Å². The van der Waals surface area contributed by atoms with E-state index in [1.807, 2.05) is 0 Å². The summed E-state index contributed by atoms with van der Waals surface area (Å²) in [5.41, 5.74) is 6.04. The number of carbonyl (C=O) groups excluding carboxylic acids is 3. The second-order valence-electron chi connectivity index (χ2n) is 4.86. The number of ether oxygens (including phenoxy) is 1. The van der Waals surface area contributed by atoms with E-state index < -0.39 is 18.0 Å². The number of amides is 1. The lowest BCUT2D eigenvalue weighted by Gasteiger charge is -2.12. The molecule has 1 atom stereocenters. The van der Waals surface area contributed by atoms with Gasteiger partial charge in [0, 0.05) is 16.1 Å². The van der Waals surface area contributed by atoms with Gasteiger partial charge in [-0.25, -0.2) is 4.79 Å². The van der Waals surface area contributed by atoms with Crippen molar-refractivity contribution in [2.75, 3.05) is 0 Å². The molecule has 2 aromatic carbocycles. The molecule has 0 aliphatic carbocycles. The summed E-state index contributed by atoms with van der Waals surface area (Å²) in [7, 11) is 0. The van der Waals surface area contributed by atoms with Crippen LogP contribution in [0.25, 0.3) is 0 Å². The van der Waals surface area contributed by atoms with Gasteiger partial charge in [-0.3, -0.25) is 9.59 Å². The predicted octanol–water partition coefficient (Wildman–Crippen LogP) is 2.87. The molecule has 0 bridgehead atoms. The summed E-state index contributed by atoms with van der Waals surface area (Å²) < 4.78 is 5.15. The van der Waals surface area contributed by atoms with Gasteiger partial charge in [-0.2, -0.15) is 0 Å². The highest BCUT2D eigenvalue weighted by Crippen LogP contribution is 2.14. The molecule has 0 aromatic heterocycles. The minimum Gasteiger partial charge on any atom is -0.451 e. The molecule has 1 amide bonds. The Labute approximate surface area is 138 Å². The van der Waals surface area contributed by atoms with Crippen molar-refractivity contribution in [3.8, 4) is 0 Å². The molecule has 0 fully saturated rings. The topological polar surface area (TPSA) is 86.5 Å². The largest absolute Gasteiger partial charge is 0.451 e. The maximum atomic E-state index is 12.2. The van der Waals surface area contributed by atoms with E-state index in [9.17, 15) is 14.4 Å². The molecule has 5 nitrogen and oxygen atoms in total. The second-order valence-corrected chi connectivity index (χ2v) is 5.30. The highest BCUT2D eigenvalue weighted by Gasteiger charge is 2.20. The Kier molecular flexibility index (Phi) is 5.13. The first-order chi connectivity index (χ1) is 10.9. The normalized spacial score (nSPS) is 11.6. The molecule has 0 aliphatic heterocycles. The van der Waals surface area contributed by atoms with E-state index >= 15 is 0 Å². The Bertz CT molecular complexity index is 738. The maximum Gasteiger partial charge on any atom is 0.338 e. The fraction of sp³-hybridized carbons (Fsp3) is 0.118. The molecule has 0 heterocycles. The van der Waals surface area contributed by atoms with Crippen LogP contribution in [0.4, 0.5) is 0 Å². The van der Waals surface area contributed by atoms with Crippen molar-refractivity contribution in [1.82, 2.24) is 0 Å². The number of halogens is 1. The quantitative estimate of drug-likeness (QED) is 0.674. The number of ketones is 1. The molecule has 0 saturated heterocycles. The first-order valence-corrected chi connectivity index (χ1v) is 7.17. The summed E-state index contributed by atoms with van der Waals surface area (Å²) in [5.74, 6) is -1.57. The Balaban J connectivity index is 2.05. The standard InChI is InChI=1S/C17H14ClNO4/c1-10(15(20)11-6-8-14(18)9-7-11)23-17(22)13-4-2-12(3-5-13)16(19)21/h2-10H,1H3,(H2,19,21)/t10-/m0/s1. The summed E-state index contributed by atoms with van der Waals surface area (Å²) in [6, 6.07) is 12.0. The number of primary amides is 1. The van der Waals surface area contributed by atoms with Crippen LogP contribution in [0.3, 0.4) is 0 Å². The summed E-state index contributed by atoms with van der Waals surface area (Å²) in [6.07, 6.45) is -0.945. The van der Waals surface area contributed by atoms with Crippen molar-refractivity contribution in [3.05, 3.63) is 70.2 Å². The van der Waals surface area contributed by atoms with Crippen LogP contribution in [0.5, 0.6) is 0 Å². The van der Waals surface area contributed by atoms with Gasteiger partial charge in [0.25, 0.3) is 0 Å². The van der Waals surface area contributed by atoms with Gasteiger partial charge in [0.05, 0.1) is 5.56 Å². The first kappa shape index (κ1) is 16.7. The second kappa shape index (κ2) is 7.07. The third-order valence-corrected chi connectivity index (χ3v) is 3.44. The van der Waals surface area contributed by atoms with Crippen molar-refractivity contribution in [2.24, 2.45) is 5.73 Å². The number of hydrogen-bond donors (Lipinski definition) is 1. The van der Waals surface area contributed by atoms with E-state index in [4.69, 9.17) is 22.1 Å². The van der Waals surface area contributed by atoms with Crippen molar-refractivity contribution >= 4 is 29.3 Å². The number of nitrogens with two attached hydrogens (primary N) is 1. The summed E-state index contributed by atoms with van der Waals surface area (Å²) in [4.78, 5) is 35.2. The van der Waals surface area contributed by atoms with Crippen molar-refractivity contribution in [1.29, 1.82) is 0 Å². The monoisotopic (exact) mass is 331 g/mol. The van der Waals surface area contributed by atoms with Gasteiger partial charge >= 0.3 is 5.97 Å². The van der Waals surface area contributed by atoms with Gasteiger partial charge in [-0.1, -0.05) is 11.6 Å². The molecular weight excluding hydrogens is 318 g/mol. The Hall–Kier alpha value is -2.66. The minimum absolute atomic E-state index is 0.228. The van der Waals surface area contributed by atoms with Crippen LogP contribution in [0, 0.1) is 0 Å². The zero-order valence-corrected chi connectivity index (χ0v) is 13.0. The molecule has 23 heavy (non-hydrogen) atoms. The summed E-state index contributed by atoms with van der Waals surface area (Å²) in [5, 5.41) is 0.515. The molecule has 2 aromatic rings. The highest BCUT2D eigenvalue weighted by molar-refractivity contribution is 6.30. The average Bonchev–Trinajstić information content (AvgIpc) is 2.54. The molecule has 0 spiro atoms. The molecule has 0 radical (unpaired) electrons. The van der Waals surface area contributed by atoms with Crippen LogP contribution in [-0.2, 0) is 4.74 Å². The lowest BCUT2D eigenvalue weighted by molar-refractivity contribution is 0.0318. The van der Waals surface area contributed by atoms with E-state index in [2.05, 4.69) is 0 Å². The molecule has 2 rings (SSSR count). The number of esters is 1. The third kappa shape index (κ3) is 4.17. The van der Waals surface area contributed by atoms with Crippen LogP contribution in [-0.4, -0.2) is 23.8 Å². The molecule has 0 saturated carbocycles. The average molecular weight is 332 g/mol. The van der Waals surface area contributed by atoms with Gasteiger partial charge < -0.3 is 10.5 Å². The van der Waals surface area contributed by atoms with Gasteiger partial charge in [-0.05, 0) is 55.5 Å². The first-order valence-electron chi connectivity index (χ1n) is 6.79. The molecule has 2 N–H and O–H groups in total. The molecule has 0 aliphatic rings. The highest BCUT2D eigenvalue weighted by atomic mass is 35.5. The molecule has 0 unspecified atom stereocenters. The number of rotatable bonds is 5. The summed E-state index contributed by atoms with van der Waals surface area (Å²) in [6.45, 7) is 1.49. The van der Waals surface area contributed by atoms with E-state index in [-0.39, 0.29) is 16.9 Å². The van der Waals surface area contributed by atoms with Crippen molar-refractivity contribution in [3.63, 3.8) is 0 Å². The Morgan fingerprint density at radius 2 is 1.39 bits per heavy atom. The van der Waals surface area contributed by atoms with Gasteiger partial charge in [0.2, 0.25) is 11.7 Å². The lowest BCUT2D eigenvalue weighted by atomic mass is 10.1. The van der Waals surface area contributed by atoms with Crippen LogP contribution < -0.4 is 5.73 Å². The van der Waals surface area contributed by atoms with E-state index in [0.717, 1.165) is 0 Å². The lowest BCUT2D eigenvalue weighted by Crippen LogP contribution is -2.24. The van der Waals surface area contributed by atoms with Crippen molar-refractivity contribution < 1.29 is 19.1 Å².